The van der Waals surface area contributed by atoms with E-state index in [1.54, 1.807) is 6.92 Å². The van der Waals surface area contributed by atoms with Crippen molar-refractivity contribution in [2.75, 3.05) is 18.1 Å². The number of aromatic nitrogens is 1. The summed E-state index contributed by atoms with van der Waals surface area (Å²) in [5, 5.41) is 0.754. The summed E-state index contributed by atoms with van der Waals surface area (Å²) >= 11 is 0. The molecule has 1 saturated heterocycles. The first-order valence-corrected chi connectivity index (χ1v) is 13.2. The van der Waals surface area contributed by atoms with E-state index >= 15 is 0 Å². The van der Waals surface area contributed by atoms with Crippen molar-refractivity contribution in [3.05, 3.63) is 40.6 Å². The molecule has 32 heavy (non-hydrogen) atoms. The number of benzene rings is 1. The summed E-state index contributed by atoms with van der Waals surface area (Å²) in [7, 11) is -3.12. The van der Waals surface area contributed by atoms with Crippen molar-refractivity contribution >= 4 is 32.6 Å². The Hall–Kier alpha value is -2.48. The minimum absolute atomic E-state index is 0.0327. The zero-order chi connectivity index (χ0) is 23.0. The molecule has 2 aromatic rings. The van der Waals surface area contributed by atoms with E-state index in [0.29, 0.717) is 18.5 Å². The zero-order valence-corrected chi connectivity index (χ0v) is 19.7. The number of carbonyl (C=O) groups is 2. The van der Waals surface area contributed by atoms with E-state index in [-0.39, 0.29) is 23.5 Å². The van der Waals surface area contributed by atoms with Gasteiger partial charge in [0.15, 0.2) is 15.9 Å². The van der Waals surface area contributed by atoms with Crippen LogP contribution in [-0.4, -0.2) is 60.4 Å². The second-order valence-corrected chi connectivity index (χ2v) is 11.1. The molecule has 1 aliphatic heterocycles. The minimum atomic E-state index is -3.12. The fourth-order valence-corrected chi connectivity index (χ4v) is 6.62. The first-order valence-electron chi connectivity index (χ1n) is 11.3. The maximum Gasteiger partial charge on any atom is 0.339 e. The third-order valence-corrected chi connectivity index (χ3v) is 8.28. The summed E-state index contributed by atoms with van der Waals surface area (Å²) in [6.45, 7) is 5.71. The number of amides is 1. The van der Waals surface area contributed by atoms with Crippen LogP contribution in [0.2, 0.25) is 0 Å². The second kappa shape index (κ2) is 8.81. The lowest BCUT2D eigenvalue weighted by Gasteiger charge is -2.29. The van der Waals surface area contributed by atoms with E-state index in [4.69, 9.17) is 9.72 Å². The van der Waals surface area contributed by atoms with Crippen LogP contribution < -0.4 is 0 Å². The fraction of sp³-hybridized carbons (Fsp3) is 0.542. The maximum atomic E-state index is 13.4. The van der Waals surface area contributed by atoms with Gasteiger partial charge >= 0.3 is 5.97 Å². The maximum absolute atomic E-state index is 13.4. The Balaban J connectivity index is 1.62. The molecule has 0 saturated carbocycles. The SMILES string of the molecule is CCN(C(=O)C(C)OC(=O)c1c2c(nc3ccc(C)cc13)CCCC2)C1CCS(=O)(=O)C1. The predicted octanol–water partition coefficient (Wildman–Crippen LogP) is 3.00. The number of nitrogens with zero attached hydrogens (tertiary/aromatic N) is 2. The Morgan fingerprint density at radius 1 is 1.25 bits per heavy atom. The van der Waals surface area contributed by atoms with Crippen LogP contribution in [0, 0.1) is 6.92 Å². The lowest BCUT2D eigenvalue weighted by molar-refractivity contribution is -0.141. The number of esters is 1. The predicted molar refractivity (Wildman–Crippen MR) is 122 cm³/mol. The number of carbonyl (C=O) groups excluding carboxylic acids is 2. The van der Waals surface area contributed by atoms with Crippen molar-refractivity contribution in [1.82, 2.24) is 9.88 Å². The molecule has 0 spiro atoms. The van der Waals surface area contributed by atoms with Crippen LogP contribution in [0.4, 0.5) is 0 Å². The van der Waals surface area contributed by atoms with Gasteiger partial charge in [0.05, 0.1) is 22.6 Å². The van der Waals surface area contributed by atoms with Gasteiger partial charge in [0.25, 0.3) is 5.91 Å². The molecular formula is C24H30N2O5S. The van der Waals surface area contributed by atoms with Crippen molar-refractivity contribution in [2.24, 2.45) is 0 Å². The van der Waals surface area contributed by atoms with Gasteiger partial charge in [-0.1, -0.05) is 11.6 Å². The zero-order valence-electron chi connectivity index (χ0n) is 18.9. The number of hydrogen-bond donors (Lipinski definition) is 0. The first kappa shape index (κ1) is 22.7. The van der Waals surface area contributed by atoms with Gasteiger partial charge in [-0.15, -0.1) is 0 Å². The number of sulfone groups is 1. The second-order valence-electron chi connectivity index (χ2n) is 8.87. The molecule has 1 aromatic heterocycles. The molecule has 2 aliphatic rings. The van der Waals surface area contributed by atoms with Crippen LogP contribution in [0.1, 0.15) is 60.3 Å². The number of fused-ring (bicyclic) bond motifs is 2. The van der Waals surface area contributed by atoms with Gasteiger partial charge in [-0.05, 0) is 70.6 Å². The number of pyridine rings is 1. The quantitative estimate of drug-likeness (QED) is 0.640. The molecule has 7 nitrogen and oxygen atoms in total. The molecule has 0 bridgehead atoms. The van der Waals surface area contributed by atoms with Crippen LogP contribution in [-0.2, 0) is 32.2 Å². The monoisotopic (exact) mass is 458 g/mol. The third kappa shape index (κ3) is 4.37. The smallest absolute Gasteiger partial charge is 0.339 e. The molecule has 2 atom stereocenters. The summed E-state index contributed by atoms with van der Waals surface area (Å²) in [4.78, 5) is 32.8. The van der Waals surface area contributed by atoms with Gasteiger partial charge in [0.2, 0.25) is 0 Å². The normalized spacial score (nSPS) is 20.5. The fourth-order valence-electron chi connectivity index (χ4n) is 4.89. The first-order chi connectivity index (χ1) is 15.2. The largest absolute Gasteiger partial charge is 0.449 e. The Labute approximate surface area is 189 Å². The molecule has 4 rings (SSSR count). The van der Waals surface area contributed by atoms with Crippen molar-refractivity contribution in [2.45, 2.75) is 65.0 Å². The third-order valence-electron chi connectivity index (χ3n) is 6.53. The molecule has 0 radical (unpaired) electrons. The van der Waals surface area contributed by atoms with Crippen molar-refractivity contribution < 1.29 is 22.7 Å². The van der Waals surface area contributed by atoms with Crippen LogP contribution in [0.15, 0.2) is 18.2 Å². The molecular weight excluding hydrogens is 428 g/mol. The molecule has 2 unspecified atom stereocenters. The molecule has 8 heteroatoms. The topological polar surface area (TPSA) is 93.6 Å². The molecule has 2 heterocycles. The highest BCUT2D eigenvalue weighted by molar-refractivity contribution is 7.91. The van der Waals surface area contributed by atoms with Gasteiger partial charge in [0, 0.05) is 23.7 Å². The van der Waals surface area contributed by atoms with Crippen LogP contribution >= 0.6 is 0 Å². The highest BCUT2D eigenvalue weighted by atomic mass is 32.2. The lowest BCUT2D eigenvalue weighted by Crippen LogP contribution is -2.46. The van der Waals surface area contributed by atoms with Crippen LogP contribution in [0.25, 0.3) is 10.9 Å². The number of aryl methyl sites for hydroxylation is 2. The van der Waals surface area contributed by atoms with Crippen molar-refractivity contribution in [1.29, 1.82) is 0 Å². The summed E-state index contributed by atoms with van der Waals surface area (Å²) in [5.41, 5.74) is 4.15. The van der Waals surface area contributed by atoms with Gasteiger partial charge in [0.1, 0.15) is 0 Å². The molecule has 1 aromatic carbocycles. The van der Waals surface area contributed by atoms with Crippen molar-refractivity contribution in [3.63, 3.8) is 0 Å². The van der Waals surface area contributed by atoms with Crippen molar-refractivity contribution in [3.8, 4) is 0 Å². The van der Waals surface area contributed by atoms with E-state index in [1.165, 1.54) is 4.90 Å². The molecule has 172 valence electrons. The van der Waals surface area contributed by atoms with Gasteiger partial charge in [-0.3, -0.25) is 9.78 Å². The highest BCUT2D eigenvalue weighted by Crippen LogP contribution is 2.31. The van der Waals surface area contributed by atoms with E-state index in [0.717, 1.165) is 53.4 Å². The molecule has 1 amide bonds. The van der Waals surface area contributed by atoms with Crippen LogP contribution in [0.3, 0.4) is 0 Å². The number of hydrogen-bond acceptors (Lipinski definition) is 6. The standard InChI is InChI=1S/C24H30N2O5S/c1-4-26(17-11-12-32(29,30)14-17)23(27)16(3)31-24(28)22-18-7-5-6-8-20(18)25-21-10-9-15(2)13-19(21)22/h9-10,13,16-17H,4-8,11-12,14H2,1-3H3. The average Bonchev–Trinajstić information content (AvgIpc) is 3.11. The lowest BCUT2D eigenvalue weighted by atomic mass is 9.89. The molecule has 1 aliphatic carbocycles. The summed E-state index contributed by atoms with van der Waals surface area (Å²) < 4.78 is 29.5. The van der Waals surface area contributed by atoms with Gasteiger partial charge in [-0.2, -0.15) is 0 Å². The summed E-state index contributed by atoms with van der Waals surface area (Å²) in [6.07, 6.45) is 3.03. The highest BCUT2D eigenvalue weighted by Gasteiger charge is 2.36. The summed E-state index contributed by atoms with van der Waals surface area (Å²) in [5.74, 6) is -0.817. The average molecular weight is 459 g/mol. The van der Waals surface area contributed by atoms with Gasteiger partial charge < -0.3 is 9.64 Å². The van der Waals surface area contributed by atoms with Gasteiger partial charge in [-0.25, -0.2) is 13.2 Å². The number of likely N-dealkylation sites (N-methyl/N-ethyl adjacent to an activating group) is 1. The van der Waals surface area contributed by atoms with E-state index in [9.17, 15) is 18.0 Å². The van der Waals surface area contributed by atoms with Crippen LogP contribution in [0.5, 0.6) is 0 Å². The Kier molecular flexibility index (Phi) is 6.25. The van der Waals surface area contributed by atoms with E-state index in [1.807, 2.05) is 32.0 Å². The number of rotatable bonds is 5. The van der Waals surface area contributed by atoms with E-state index < -0.39 is 21.9 Å². The number of ether oxygens (including phenoxy) is 1. The Morgan fingerprint density at radius 3 is 2.69 bits per heavy atom. The molecule has 1 fully saturated rings. The molecule has 0 N–H and O–H groups in total. The minimum Gasteiger partial charge on any atom is -0.449 e. The summed E-state index contributed by atoms with van der Waals surface area (Å²) in [6, 6.07) is 5.48. The van der Waals surface area contributed by atoms with E-state index in [2.05, 4.69) is 0 Å². The Bertz CT molecular complexity index is 1170. The Morgan fingerprint density at radius 2 is 2.00 bits per heavy atom.